The molecular weight excluding hydrogens is 458 g/mol. The van der Waals surface area contributed by atoms with E-state index < -0.39 is 16.1 Å². The third-order valence-electron chi connectivity index (χ3n) is 6.11. The largest absolute Gasteiger partial charge is 0.493 e. The van der Waals surface area contributed by atoms with Crippen molar-refractivity contribution in [1.82, 2.24) is 23.9 Å². The maximum atomic E-state index is 13.5. The van der Waals surface area contributed by atoms with E-state index in [2.05, 4.69) is 15.1 Å². The number of piperidine rings is 1. The number of aromatic amines is 1. The number of ether oxygens (including phenoxy) is 1. The average molecular weight is 490 g/mol. The molecular formula is C23H31N5O5S. The number of nitrogens with zero attached hydrogens (tertiary/aromatic N) is 4. The second-order valence-corrected chi connectivity index (χ2v) is 10.4. The Morgan fingerprint density at radius 2 is 2.06 bits per heavy atom. The highest BCUT2D eigenvalue weighted by Crippen LogP contribution is 2.33. The Labute approximate surface area is 198 Å². The van der Waals surface area contributed by atoms with Gasteiger partial charge in [0.15, 0.2) is 11.3 Å². The van der Waals surface area contributed by atoms with Crippen LogP contribution in [0.4, 0.5) is 0 Å². The van der Waals surface area contributed by atoms with Crippen LogP contribution in [0.2, 0.25) is 0 Å². The highest BCUT2D eigenvalue weighted by Gasteiger charge is 2.33. The molecule has 0 spiro atoms. The van der Waals surface area contributed by atoms with Crippen molar-refractivity contribution in [1.29, 1.82) is 0 Å². The van der Waals surface area contributed by atoms with Crippen molar-refractivity contribution in [2.45, 2.75) is 63.8 Å². The number of sulfonamides is 1. The highest BCUT2D eigenvalue weighted by molar-refractivity contribution is 7.89. The molecule has 1 aliphatic rings. The number of hydrogen-bond donors (Lipinski definition) is 2. The van der Waals surface area contributed by atoms with E-state index in [0.29, 0.717) is 54.3 Å². The second-order valence-electron chi connectivity index (χ2n) is 8.47. The Morgan fingerprint density at radius 3 is 2.76 bits per heavy atom. The number of fused-ring (bicyclic) bond motifs is 1. The summed E-state index contributed by atoms with van der Waals surface area (Å²) in [5, 5.41) is 14.4. The maximum absolute atomic E-state index is 13.5. The number of aliphatic hydroxyl groups excluding tert-OH is 1. The van der Waals surface area contributed by atoms with Crippen LogP contribution in [-0.2, 0) is 16.4 Å². The molecule has 4 rings (SSSR count). The molecule has 184 valence electrons. The van der Waals surface area contributed by atoms with Gasteiger partial charge in [-0.25, -0.2) is 17.9 Å². The van der Waals surface area contributed by atoms with Crippen molar-refractivity contribution in [3.63, 3.8) is 0 Å². The third kappa shape index (κ3) is 4.35. The summed E-state index contributed by atoms with van der Waals surface area (Å²) >= 11 is 0. The van der Waals surface area contributed by atoms with E-state index in [4.69, 9.17) is 4.74 Å². The van der Waals surface area contributed by atoms with Crippen LogP contribution >= 0.6 is 0 Å². The number of H-pyrrole nitrogens is 1. The first-order valence-corrected chi connectivity index (χ1v) is 13.1. The minimum atomic E-state index is -3.87. The van der Waals surface area contributed by atoms with Gasteiger partial charge in [-0.1, -0.05) is 13.3 Å². The Kier molecular flexibility index (Phi) is 7.06. The molecule has 2 N–H and O–H groups in total. The Morgan fingerprint density at radius 1 is 1.26 bits per heavy atom. The Balaban J connectivity index is 1.88. The Hall–Kier alpha value is -2.76. The van der Waals surface area contributed by atoms with Gasteiger partial charge in [0.2, 0.25) is 10.0 Å². The summed E-state index contributed by atoms with van der Waals surface area (Å²) in [6.07, 6.45) is 3.72. The van der Waals surface area contributed by atoms with Crippen molar-refractivity contribution in [2.75, 3.05) is 19.8 Å². The predicted molar refractivity (Wildman–Crippen MR) is 128 cm³/mol. The van der Waals surface area contributed by atoms with E-state index in [1.807, 2.05) is 13.8 Å². The van der Waals surface area contributed by atoms with E-state index in [1.54, 1.807) is 13.0 Å². The van der Waals surface area contributed by atoms with Crippen LogP contribution < -0.4 is 10.3 Å². The minimum absolute atomic E-state index is 0.0599. The molecule has 2 aromatic heterocycles. The highest BCUT2D eigenvalue weighted by atomic mass is 32.2. The van der Waals surface area contributed by atoms with Gasteiger partial charge in [0.05, 0.1) is 29.4 Å². The van der Waals surface area contributed by atoms with Crippen LogP contribution in [0.3, 0.4) is 0 Å². The fraction of sp³-hybridized carbons (Fsp3) is 0.522. The fourth-order valence-corrected chi connectivity index (χ4v) is 6.20. The molecule has 1 aliphatic heterocycles. The molecule has 1 unspecified atom stereocenters. The molecule has 0 bridgehead atoms. The fourth-order valence-electron chi connectivity index (χ4n) is 4.49. The summed E-state index contributed by atoms with van der Waals surface area (Å²) < 4.78 is 35.6. The summed E-state index contributed by atoms with van der Waals surface area (Å²) in [4.78, 5) is 20.3. The van der Waals surface area contributed by atoms with Crippen LogP contribution in [0, 0.1) is 6.92 Å². The number of aliphatic hydroxyl groups is 1. The molecule has 0 radical (unpaired) electrons. The summed E-state index contributed by atoms with van der Waals surface area (Å²) in [6, 6.07) is 4.11. The van der Waals surface area contributed by atoms with Gasteiger partial charge in [-0.05, 0) is 51.3 Å². The van der Waals surface area contributed by atoms with Gasteiger partial charge in [0.25, 0.3) is 5.56 Å². The molecule has 3 aromatic rings. The van der Waals surface area contributed by atoms with Crippen molar-refractivity contribution in [3.05, 3.63) is 40.1 Å². The minimum Gasteiger partial charge on any atom is -0.493 e. The van der Waals surface area contributed by atoms with Gasteiger partial charge in [-0.3, -0.25) is 4.79 Å². The Bertz CT molecular complexity index is 1350. The molecule has 1 fully saturated rings. The summed E-state index contributed by atoms with van der Waals surface area (Å²) in [5.41, 5.74) is 0.969. The van der Waals surface area contributed by atoms with Crippen molar-refractivity contribution >= 4 is 15.5 Å². The van der Waals surface area contributed by atoms with Gasteiger partial charge in [-0.2, -0.15) is 4.31 Å². The lowest BCUT2D eigenvalue weighted by atomic mass is 10.1. The zero-order valence-corrected chi connectivity index (χ0v) is 20.6. The van der Waals surface area contributed by atoms with Crippen LogP contribution in [0.25, 0.3) is 16.9 Å². The number of rotatable bonds is 8. The molecule has 0 saturated carbocycles. The first-order chi connectivity index (χ1) is 16.3. The van der Waals surface area contributed by atoms with Gasteiger partial charge in [0.1, 0.15) is 11.6 Å². The van der Waals surface area contributed by atoms with Crippen LogP contribution in [0.1, 0.15) is 51.0 Å². The first kappa shape index (κ1) is 24.4. The van der Waals surface area contributed by atoms with Gasteiger partial charge in [-0.15, -0.1) is 5.10 Å². The smallest absolute Gasteiger partial charge is 0.277 e. The van der Waals surface area contributed by atoms with Crippen LogP contribution in [0.5, 0.6) is 5.75 Å². The summed E-state index contributed by atoms with van der Waals surface area (Å²) in [7, 11) is -3.87. The molecule has 11 heteroatoms. The lowest BCUT2D eigenvalue weighted by molar-refractivity contribution is 0.155. The zero-order chi connectivity index (χ0) is 24.5. The van der Waals surface area contributed by atoms with E-state index in [1.165, 1.54) is 21.0 Å². The SMILES string of the molecule is CCCc1nc(C)c2c(=O)[nH]c(-c3cc(S(=O)(=O)N4CCCCC4CO)ccc3OCC)nn12. The van der Waals surface area contributed by atoms with E-state index in [0.717, 1.165) is 19.3 Å². The number of benzene rings is 1. The third-order valence-corrected chi connectivity index (χ3v) is 8.06. The molecule has 0 amide bonds. The second kappa shape index (κ2) is 9.85. The van der Waals surface area contributed by atoms with Crippen molar-refractivity contribution in [2.24, 2.45) is 0 Å². The number of hydrogen-bond acceptors (Lipinski definition) is 7. The standard InChI is InChI=1S/C23H31N5O5S/c1-4-8-20-24-15(3)21-23(30)25-22(26-28(20)21)18-13-17(10-11-19(18)33-5-2)34(31,32)27-12-7-6-9-16(27)14-29/h10-11,13,16,29H,4-9,12,14H2,1-3H3,(H,25,26,30). The van der Waals surface area contributed by atoms with Gasteiger partial charge >= 0.3 is 0 Å². The maximum Gasteiger partial charge on any atom is 0.277 e. The van der Waals surface area contributed by atoms with Crippen molar-refractivity contribution < 1.29 is 18.3 Å². The first-order valence-electron chi connectivity index (χ1n) is 11.7. The van der Waals surface area contributed by atoms with E-state index in [9.17, 15) is 18.3 Å². The lowest BCUT2D eigenvalue weighted by Crippen LogP contribution is -2.45. The molecule has 1 atom stereocenters. The van der Waals surface area contributed by atoms with Crippen LogP contribution in [0.15, 0.2) is 27.9 Å². The monoisotopic (exact) mass is 489 g/mol. The van der Waals surface area contributed by atoms with Crippen molar-refractivity contribution in [3.8, 4) is 17.1 Å². The molecule has 3 heterocycles. The number of aryl methyl sites for hydroxylation is 2. The molecule has 34 heavy (non-hydrogen) atoms. The normalized spacial score (nSPS) is 17.4. The predicted octanol–water partition coefficient (Wildman–Crippen LogP) is 2.28. The summed E-state index contributed by atoms with van der Waals surface area (Å²) in [6.45, 7) is 6.09. The molecule has 0 aliphatic carbocycles. The lowest BCUT2D eigenvalue weighted by Gasteiger charge is -2.33. The van der Waals surface area contributed by atoms with E-state index in [-0.39, 0.29) is 22.9 Å². The summed E-state index contributed by atoms with van der Waals surface area (Å²) in [5.74, 6) is 1.28. The number of nitrogens with one attached hydrogen (secondary N) is 1. The van der Waals surface area contributed by atoms with E-state index >= 15 is 0 Å². The number of aromatic nitrogens is 4. The quantitative estimate of drug-likeness (QED) is 0.496. The average Bonchev–Trinajstić information content (AvgIpc) is 3.15. The topological polar surface area (TPSA) is 130 Å². The zero-order valence-electron chi connectivity index (χ0n) is 19.7. The molecule has 1 saturated heterocycles. The number of imidazole rings is 1. The van der Waals surface area contributed by atoms with Gasteiger partial charge in [0, 0.05) is 19.0 Å². The molecule has 1 aromatic carbocycles. The van der Waals surface area contributed by atoms with Crippen LogP contribution in [-0.4, -0.2) is 63.2 Å². The van der Waals surface area contributed by atoms with Gasteiger partial charge < -0.3 is 14.8 Å². The molecule has 10 nitrogen and oxygen atoms in total.